The Balaban J connectivity index is 1.38. The Bertz CT molecular complexity index is 482. The molecule has 2 rings (SSSR count). The second-order valence-corrected chi connectivity index (χ2v) is 9.34. The molecule has 0 aromatic rings. The van der Waals surface area contributed by atoms with Crippen molar-refractivity contribution in [3.63, 3.8) is 0 Å². The van der Waals surface area contributed by atoms with E-state index in [4.69, 9.17) is 4.74 Å². The molecule has 0 aromatic carbocycles. The van der Waals surface area contributed by atoms with E-state index in [-0.39, 0.29) is 11.9 Å². The van der Waals surface area contributed by atoms with Gasteiger partial charge in [0.05, 0.1) is 11.7 Å². The predicted octanol–water partition coefficient (Wildman–Crippen LogP) is 7.40. The lowest BCUT2D eigenvalue weighted by Crippen LogP contribution is -2.34. The molecule has 3 nitrogen and oxygen atoms in total. The van der Waals surface area contributed by atoms with Crippen molar-refractivity contribution in [3.05, 3.63) is 11.3 Å². The minimum Gasteiger partial charge on any atom is -0.494 e. The van der Waals surface area contributed by atoms with Gasteiger partial charge in [0, 0.05) is 19.3 Å². The smallest absolute Gasteiger partial charge is 0.164 e. The molecule has 0 unspecified atom stereocenters. The third-order valence-electron chi connectivity index (χ3n) is 6.67. The van der Waals surface area contributed by atoms with Gasteiger partial charge in [0.2, 0.25) is 0 Å². The van der Waals surface area contributed by atoms with E-state index in [9.17, 15) is 9.90 Å². The third-order valence-corrected chi connectivity index (χ3v) is 6.67. The van der Waals surface area contributed by atoms with Crippen molar-refractivity contribution in [2.45, 2.75) is 148 Å². The second-order valence-electron chi connectivity index (χ2n) is 9.34. The second kappa shape index (κ2) is 15.0. The van der Waals surface area contributed by atoms with Crippen LogP contribution < -0.4 is 0 Å². The number of carbonyl (C=O) groups excluding carboxylic acids is 1. The van der Waals surface area contributed by atoms with Crippen molar-refractivity contribution < 1.29 is 14.6 Å². The molecule has 0 fully saturated rings. The Morgan fingerprint density at radius 3 is 1.86 bits per heavy atom. The van der Waals surface area contributed by atoms with Gasteiger partial charge >= 0.3 is 0 Å². The van der Waals surface area contributed by atoms with Crippen LogP contribution in [0.15, 0.2) is 11.3 Å². The van der Waals surface area contributed by atoms with Crippen molar-refractivity contribution in [3.8, 4) is 0 Å². The first-order valence-electron chi connectivity index (χ1n) is 12.8. The van der Waals surface area contributed by atoms with Crippen LogP contribution in [0.3, 0.4) is 0 Å². The third kappa shape index (κ3) is 9.68. The normalized spacial score (nSPS) is 21.9. The fraction of sp³-hybridized carbons (Fsp3) is 0.885. The van der Waals surface area contributed by atoms with Crippen molar-refractivity contribution in [1.29, 1.82) is 0 Å². The lowest BCUT2D eigenvalue weighted by molar-refractivity contribution is -0.119. The first kappa shape index (κ1) is 24.4. The Kier molecular flexibility index (Phi) is 12.7. The summed E-state index contributed by atoms with van der Waals surface area (Å²) in [4.78, 5) is 12.0. The van der Waals surface area contributed by atoms with E-state index in [1.54, 1.807) is 0 Å². The Hall–Kier alpha value is -0.830. The fourth-order valence-corrected chi connectivity index (χ4v) is 4.86. The van der Waals surface area contributed by atoms with Crippen LogP contribution in [0.25, 0.3) is 0 Å². The highest BCUT2D eigenvalue weighted by Crippen LogP contribution is 2.34. The van der Waals surface area contributed by atoms with Crippen molar-refractivity contribution in [2.24, 2.45) is 0 Å². The van der Waals surface area contributed by atoms with E-state index < -0.39 is 6.10 Å². The molecule has 1 aliphatic carbocycles. The van der Waals surface area contributed by atoms with E-state index in [2.05, 4.69) is 6.92 Å². The Morgan fingerprint density at radius 1 is 0.793 bits per heavy atom. The number of allylic oxidation sites excluding steroid dienone is 1. The van der Waals surface area contributed by atoms with Crippen LogP contribution in [-0.4, -0.2) is 23.1 Å². The highest BCUT2D eigenvalue weighted by molar-refractivity contribution is 5.97. The van der Waals surface area contributed by atoms with Crippen molar-refractivity contribution in [1.82, 2.24) is 0 Å². The van der Waals surface area contributed by atoms with Gasteiger partial charge in [-0.2, -0.15) is 0 Å². The summed E-state index contributed by atoms with van der Waals surface area (Å²) in [6.07, 6.45) is 24.1. The average Bonchev–Trinajstić information content (AvgIpc) is 2.70. The maximum Gasteiger partial charge on any atom is 0.164 e. The molecule has 0 spiro atoms. The van der Waals surface area contributed by atoms with Crippen molar-refractivity contribution >= 4 is 5.78 Å². The number of aliphatic hydroxyl groups excluding tert-OH is 1. The molecule has 1 N–H and O–H groups in total. The van der Waals surface area contributed by atoms with Crippen LogP contribution in [0, 0.1) is 0 Å². The molecule has 3 heteroatoms. The van der Waals surface area contributed by atoms with Crippen LogP contribution in [-0.2, 0) is 9.53 Å². The van der Waals surface area contributed by atoms with E-state index in [0.717, 1.165) is 25.0 Å². The molecular formula is C26H46O3. The maximum atomic E-state index is 12.0. The van der Waals surface area contributed by atoms with Gasteiger partial charge in [-0.05, 0) is 19.3 Å². The van der Waals surface area contributed by atoms with Gasteiger partial charge in [0.25, 0.3) is 0 Å². The zero-order valence-corrected chi connectivity index (χ0v) is 19.1. The number of ether oxygens (including phenoxy) is 1. The highest BCUT2D eigenvalue weighted by Gasteiger charge is 2.34. The van der Waals surface area contributed by atoms with Crippen LogP contribution in [0.5, 0.6) is 0 Å². The minimum absolute atomic E-state index is 0.101. The van der Waals surface area contributed by atoms with Crippen LogP contribution in [0.4, 0.5) is 0 Å². The molecule has 2 atom stereocenters. The van der Waals surface area contributed by atoms with Crippen molar-refractivity contribution in [2.75, 3.05) is 0 Å². The zero-order chi connectivity index (χ0) is 20.7. The summed E-state index contributed by atoms with van der Waals surface area (Å²) in [5.41, 5.74) is 0.587. The van der Waals surface area contributed by atoms with Gasteiger partial charge in [-0.15, -0.1) is 0 Å². The Labute approximate surface area is 179 Å². The molecule has 0 radical (unpaired) electrons. The van der Waals surface area contributed by atoms with E-state index in [0.29, 0.717) is 18.4 Å². The summed E-state index contributed by atoms with van der Waals surface area (Å²) in [7, 11) is 0. The molecule has 0 aromatic heterocycles. The lowest BCUT2D eigenvalue weighted by atomic mass is 9.87. The molecular weight excluding hydrogens is 360 g/mol. The molecule has 2 aliphatic rings. The SMILES string of the molecule is CCCCCCCCCCCCCCCCC[C@H]1C[C@@H](O)C2=C(CCCC2=O)O1. The number of rotatable bonds is 16. The number of Topliss-reactive ketones (excluding diaryl/α,β-unsaturated/α-hetero) is 1. The van der Waals surface area contributed by atoms with Gasteiger partial charge in [-0.1, -0.05) is 96.8 Å². The Morgan fingerprint density at radius 2 is 1.31 bits per heavy atom. The molecule has 0 saturated heterocycles. The number of hydrogen-bond donors (Lipinski definition) is 1. The number of ketones is 1. The predicted molar refractivity (Wildman–Crippen MR) is 121 cm³/mol. The monoisotopic (exact) mass is 406 g/mol. The topological polar surface area (TPSA) is 46.5 Å². The molecule has 168 valence electrons. The number of hydrogen-bond acceptors (Lipinski definition) is 3. The first-order valence-corrected chi connectivity index (χ1v) is 12.8. The average molecular weight is 407 g/mol. The van der Waals surface area contributed by atoms with Gasteiger partial charge in [-0.25, -0.2) is 0 Å². The van der Waals surface area contributed by atoms with Crippen LogP contribution in [0.1, 0.15) is 135 Å². The summed E-state index contributed by atoms with van der Waals surface area (Å²) in [5.74, 6) is 0.898. The summed E-state index contributed by atoms with van der Waals surface area (Å²) < 4.78 is 6.05. The van der Waals surface area contributed by atoms with Crippen LogP contribution >= 0.6 is 0 Å². The first-order chi connectivity index (χ1) is 14.2. The zero-order valence-electron chi connectivity index (χ0n) is 19.1. The maximum absolute atomic E-state index is 12.0. The summed E-state index contributed by atoms with van der Waals surface area (Å²) in [5, 5.41) is 10.3. The summed E-state index contributed by atoms with van der Waals surface area (Å²) in [6, 6.07) is 0. The van der Waals surface area contributed by atoms with E-state index >= 15 is 0 Å². The summed E-state index contributed by atoms with van der Waals surface area (Å²) in [6.45, 7) is 2.28. The minimum atomic E-state index is -0.590. The highest BCUT2D eigenvalue weighted by atomic mass is 16.5. The summed E-state index contributed by atoms with van der Waals surface area (Å²) >= 11 is 0. The van der Waals surface area contributed by atoms with E-state index in [1.807, 2.05) is 0 Å². The quantitative estimate of drug-likeness (QED) is 0.271. The van der Waals surface area contributed by atoms with Gasteiger partial charge in [-0.3, -0.25) is 4.79 Å². The fourth-order valence-electron chi connectivity index (χ4n) is 4.86. The number of carbonyl (C=O) groups is 1. The molecule has 1 heterocycles. The standard InChI is InChI=1S/C26H46O3/c1-2-3-4-5-6-7-8-9-10-11-12-13-14-15-16-18-22-21-24(28)26-23(27)19-17-20-25(26)29-22/h22,24,28H,2-21H2,1H3/t22-,24+/m0/s1. The number of unbranched alkanes of at least 4 members (excludes halogenated alkanes) is 14. The molecule has 0 bridgehead atoms. The largest absolute Gasteiger partial charge is 0.494 e. The van der Waals surface area contributed by atoms with Gasteiger partial charge < -0.3 is 9.84 Å². The van der Waals surface area contributed by atoms with Crippen LogP contribution in [0.2, 0.25) is 0 Å². The van der Waals surface area contributed by atoms with Gasteiger partial charge in [0.1, 0.15) is 11.9 Å². The number of aliphatic hydroxyl groups is 1. The molecule has 0 saturated carbocycles. The van der Waals surface area contributed by atoms with E-state index in [1.165, 1.54) is 96.3 Å². The molecule has 29 heavy (non-hydrogen) atoms. The van der Waals surface area contributed by atoms with Gasteiger partial charge in [0.15, 0.2) is 5.78 Å². The molecule has 1 aliphatic heterocycles. The lowest BCUT2D eigenvalue weighted by Gasteiger charge is -2.33. The molecule has 0 amide bonds.